The molecule has 6 heteroatoms. The first-order valence-corrected chi connectivity index (χ1v) is 6.12. The van der Waals surface area contributed by atoms with Crippen molar-refractivity contribution in [1.82, 2.24) is 9.97 Å². The number of methoxy groups -OCH3 is 1. The number of hydrogen-bond acceptors (Lipinski definition) is 5. The number of amidine groups is 1. The van der Waals surface area contributed by atoms with E-state index >= 15 is 0 Å². The van der Waals surface area contributed by atoms with Crippen LogP contribution in [0.1, 0.15) is 11.3 Å². The molecule has 2 rings (SSSR count). The van der Waals surface area contributed by atoms with E-state index in [1.807, 2.05) is 24.3 Å². The van der Waals surface area contributed by atoms with Crippen LogP contribution in [-0.2, 0) is 11.2 Å². The van der Waals surface area contributed by atoms with Crippen LogP contribution in [0.15, 0.2) is 36.5 Å². The van der Waals surface area contributed by atoms with Crippen molar-refractivity contribution in [3.8, 4) is 11.8 Å². The van der Waals surface area contributed by atoms with Gasteiger partial charge in [-0.2, -0.15) is 4.98 Å². The van der Waals surface area contributed by atoms with Gasteiger partial charge < -0.3 is 15.2 Å². The van der Waals surface area contributed by atoms with Crippen molar-refractivity contribution < 1.29 is 9.47 Å². The monoisotopic (exact) mass is 272 g/mol. The van der Waals surface area contributed by atoms with Crippen LogP contribution in [0.25, 0.3) is 0 Å². The van der Waals surface area contributed by atoms with Crippen LogP contribution in [0, 0.1) is 5.41 Å². The zero-order valence-electron chi connectivity index (χ0n) is 11.2. The highest BCUT2D eigenvalue weighted by molar-refractivity contribution is 5.92. The molecule has 6 nitrogen and oxygen atoms in total. The summed E-state index contributed by atoms with van der Waals surface area (Å²) in [6.07, 6.45) is 2.36. The summed E-state index contributed by atoms with van der Waals surface area (Å²) in [5.74, 6) is 0.513. The smallest absolute Gasteiger partial charge is 0.322 e. The Labute approximate surface area is 117 Å². The van der Waals surface area contributed by atoms with E-state index in [9.17, 15) is 0 Å². The zero-order chi connectivity index (χ0) is 14.4. The Morgan fingerprint density at radius 2 is 2.00 bits per heavy atom. The number of rotatable bonds is 6. The molecule has 0 unspecified atom stereocenters. The Bertz CT molecular complexity index is 584. The lowest BCUT2D eigenvalue weighted by molar-refractivity contribution is 0.202. The second kappa shape index (κ2) is 6.63. The van der Waals surface area contributed by atoms with Gasteiger partial charge in [-0.3, -0.25) is 5.41 Å². The van der Waals surface area contributed by atoms with E-state index in [0.717, 1.165) is 12.0 Å². The Hall–Kier alpha value is -2.47. The average Bonchev–Trinajstić information content (AvgIpc) is 2.47. The highest BCUT2D eigenvalue weighted by Gasteiger charge is 2.04. The molecule has 1 aromatic heterocycles. The predicted molar refractivity (Wildman–Crippen MR) is 75.1 cm³/mol. The zero-order valence-corrected chi connectivity index (χ0v) is 11.2. The van der Waals surface area contributed by atoms with Gasteiger partial charge in [-0.15, -0.1) is 0 Å². The molecule has 1 heterocycles. The average molecular weight is 272 g/mol. The molecule has 0 saturated heterocycles. The van der Waals surface area contributed by atoms with Crippen LogP contribution >= 0.6 is 0 Å². The molecule has 0 radical (unpaired) electrons. The molecule has 104 valence electrons. The molecule has 1 aromatic carbocycles. The van der Waals surface area contributed by atoms with Crippen LogP contribution < -0.4 is 10.5 Å². The quantitative estimate of drug-likeness (QED) is 0.617. The van der Waals surface area contributed by atoms with Crippen molar-refractivity contribution >= 4 is 5.84 Å². The molecule has 2 aromatic rings. The fourth-order valence-electron chi connectivity index (χ4n) is 1.59. The summed E-state index contributed by atoms with van der Waals surface area (Å²) in [6, 6.07) is 9.33. The molecule has 3 N–H and O–H groups in total. The molecular weight excluding hydrogens is 256 g/mol. The van der Waals surface area contributed by atoms with E-state index in [4.69, 9.17) is 20.6 Å². The largest absolute Gasteiger partial charge is 0.424 e. The minimum Gasteiger partial charge on any atom is -0.424 e. The second-order valence-corrected chi connectivity index (χ2v) is 4.13. The van der Waals surface area contributed by atoms with Crippen molar-refractivity contribution in [1.29, 1.82) is 5.41 Å². The van der Waals surface area contributed by atoms with Crippen LogP contribution in [0.4, 0.5) is 0 Å². The fraction of sp³-hybridized carbons (Fsp3) is 0.214. The number of benzene rings is 1. The Kier molecular flexibility index (Phi) is 4.62. The predicted octanol–water partition coefficient (Wildman–Crippen LogP) is 1.74. The summed E-state index contributed by atoms with van der Waals surface area (Å²) in [6.45, 7) is 0.684. The van der Waals surface area contributed by atoms with Gasteiger partial charge in [-0.05, 0) is 30.2 Å². The van der Waals surface area contributed by atoms with E-state index in [1.54, 1.807) is 13.2 Å². The maximum atomic E-state index is 7.32. The number of hydrogen-bond donors (Lipinski definition) is 2. The Morgan fingerprint density at radius 3 is 2.65 bits per heavy atom. The normalized spacial score (nSPS) is 10.2. The van der Waals surface area contributed by atoms with Gasteiger partial charge in [-0.25, -0.2) is 4.98 Å². The molecule has 0 spiro atoms. The van der Waals surface area contributed by atoms with E-state index in [-0.39, 0.29) is 11.8 Å². The maximum absolute atomic E-state index is 7.32. The first-order valence-electron chi connectivity index (χ1n) is 6.12. The lowest BCUT2D eigenvalue weighted by Crippen LogP contribution is -2.13. The highest BCUT2D eigenvalue weighted by Crippen LogP contribution is 2.18. The van der Waals surface area contributed by atoms with Crippen LogP contribution in [0.2, 0.25) is 0 Å². The minimum absolute atomic E-state index is 0.118. The molecule has 0 saturated carbocycles. The number of nitrogen functional groups attached to an aromatic ring is 1. The highest BCUT2D eigenvalue weighted by atomic mass is 16.5. The third-order valence-electron chi connectivity index (χ3n) is 2.64. The first kappa shape index (κ1) is 14.0. The first-order chi connectivity index (χ1) is 9.69. The van der Waals surface area contributed by atoms with Crippen molar-refractivity contribution in [2.24, 2.45) is 5.73 Å². The van der Waals surface area contributed by atoms with Gasteiger partial charge in [0.05, 0.1) is 6.61 Å². The summed E-state index contributed by atoms with van der Waals surface area (Å²) < 4.78 is 10.5. The number of nitrogens with one attached hydrogen (secondary N) is 1. The van der Waals surface area contributed by atoms with Crippen LogP contribution in [0.5, 0.6) is 11.8 Å². The van der Waals surface area contributed by atoms with Gasteiger partial charge in [0.1, 0.15) is 17.3 Å². The fourth-order valence-corrected chi connectivity index (χ4v) is 1.59. The number of nitrogens with two attached hydrogens (primary N) is 1. The number of ether oxygens (including phenoxy) is 2. The molecule has 0 aliphatic carbocycles. The summed E-state index contributed by atoms with van der Waals surface area (Å²) in [5.41, 5.74) is 6.87. The van der Waals surface area contributed by atoms with Crippen molar-refractivity contribution in [2.75, 3.05) is 13.7 Å². The molecule has 0 amide bonds. The SMILES string of the molecule is COCCc1ccc(Oc2nccc(C(=N)N)n2)cc1. The standard InChI is InChI=1S/C14H16N4O2/c1-19-9-7-10-2-4-11(5-3-10)20-14-17-8-6-12(18-14)13(15)16/h2-6,8H,7,9H2,1H3,(H3,15,16). The van der Waals surface area contributed by atoms with Crippen LogP contribution in [0.3, 0.4) is 0 Å². The maximum Gasteiger partial charge on any atom is 0.322 e. The number of aromatic nitrogens is 2. The van der Waals surface area contributed by atoms with E-state index in [0.29, 0.717) is 18.1 Å². The van der Waals surface area contributed by atoms with Gasteiger partial charge in [0.25, 0.3) is 0 Å². The lowest BCUT2D eigenvalue weighted by Gasteiger charge is -2.06. The summed E-state index contributed by atoms with van der Waals surface area (Å²) in [7, 11) is 1.68. The van der Waals surface area contributed by atoms with Crippen molar-refractivity contribution in [2.45, 2.75) is 6.42 Å². The third kappa shape index (κ3) is 3.76. The molecule has 20 heavy (non-hydrogen) atoms. The Morgan fingerprint density at radius 1 is 1.25 bits per heavy atom. The molecular formula is C14H16N4O2. The molecule has 0 fully saturated rings. The summed E-state index contributed by atoms with van der Waals surface area (Å²) in [4.78, 5) is 8.02. The van der Waals surface area contributed by atoms with Gasteiger partial charge >= 0.3 is 6.01 Å². The minimum atomic E-state index is -0.118. The molecule has 0 aliphatic rings. The summed E-state index contributed by atoms with van der Waals surface area (Å²) in [5, 5.41) is 7.32. The molecule has 0 bridgehead atoms. The topological polar surface area (TPSA) is 94.1 Å². The van der Waals surface area contributed by atoms with E-state index in [1.165, 1.54) is 6.20 Å². The van der Waals surface area contributed by atoms with Crippen molar-refractivity contribution in [3.63, 3.8) is 0 Å². The summed E-state index contributed by atoms with van der Waals surface area (Å²) >= 11 is 0. The third-order valence-corrected chi connectivity index (χ3v) is 2.64. The second-order valence-electron chi connectivity index (χ2n) is 4.13. The van der Waals surface area contributed by atoms with Crippen molar-refractivity contribution in [3.05, 3.63) is 47.8 Å². The lowest BCUT2D eigenvalue weighted by atomic mass is 10.1. The van der Waals surface area contributed by atoms with Gasteiger partial charge in [0, 0.05) is 13.3 Å². The molecule has 0 atom stereocenters. The van der Waals surface area contributed by atoms with Crippen LogP contribution in [-0.4, -0.2) is 29.5 Å². The van der Waals surface area contributed by atoms with Gasteiger partial charge in [-0.1, -0.05) is 12.1 Å². The molecule has 0 aliphatic heterocycles. The van der Waals surface area contributed by atoms with Gasteiger partial charge in [0.2, 0.25) is 0 Å². The van der Waals surface area contributed by atoms with E-state index in [2.05, 4.69) is 9.97 Å². The van der Waals surface area contributed by atoms with Gasteiger partial charge in [0.15, 0.2) is 0 Å². The van der Waals surface area contributed by atoms with E-state index < -0.39 is 0 Å². The Balaban J connectivity index is 2.06. The number of nitrogens with zero attached hydrogens (tertiary/aromatic N) is 2.